The van der Waals surface area contributed by atoms with Crippen molar-refractivity contribution in [2.45, 2.75) is 20.5 Å². The summed E-state index contributed by atoms with van der Waals surface area (Å²) in [5.74, 6) is 0.912. The number of nitrogens with zero attached hydrogens (tertiary/aromatic N) is 2. The van der Waals surface area contributed by atoms with Crippen LogP contribution >= 0.6 is 0 Å². The summed E-state index contributed by atoms with van der Waals surface area (Å²) in [6, 6.07) is 11.3. The predicted molar refractivity (Wildman–Crippen MR) is 80.9 cm³/mol. The Hall–Kier alpha value is -2.82. The van der Waals surface area contributed by atoms with Gasteiger partial charge in [0.25, 0.3) is 0 Å². The topological polar surface area (TPSA) is 57.3 Å². The van der Waals surface area contributed by atoms with Gasteiger partial charge in [-0.3, -0.25) is 0 Å². The lowest BCUT2D eigenvalue weighted by Gasteiger charge is -2.06. The number of carbonyl (C=O) groups is 1. The summed E-state index contributed by atoms with van der Waals surface area (Å²) in [6.45, 7) is 3.78. The molecule has 0 atom stereocenters. The van der Waals surface area contributed by atoms with Crippen molar-refractivity contribution in [2.24, 2.45) is 0 Å². The SMILES string of the molecule is Cc1cc(C(=O)OCc2ccc(-n3cccn3)cc2)c(C)o1. The molecule has 0 N–H and O–H groups in total. The van der Waals surface area contributed by atoms with Crippen LogP contribution in [0, 0.1) is 13.8 Å². The normalized spacial score (nSPS) is 10.6. The quantitative estimate of drug-likeness (QED) is 0.692. The van der Waals surface area contributed by atoms with Crippen LogP contribution < -0.4 is 0 Å². The molecule has 1 aromatic carbocycles. The van der Waals surface area contributed by atoms with Gasteiger partial charge in [-0.25, -0.2) is 9.48 Å². The highest BCUT2D eigenvalue weighted by atomic mass is 16.5. The van der Waals surface area contributed by atoms with Gasteiger partial charge in [0.05, 0.1) is 5.69 Å². The molecule has 5 heteroatoms. The molecular weight excluding hydrogens is 280 g/mol. The van der Waals surface area contributed by atoms with Gasteiger partial charge in [-0.15, -0.1) is 0 Å². The molecule has 0 fully saturated rings. The number of hydrogen-bond donors (Lipinski definition) is 0. The molecule has 112 valence electrons. The molecule has 0 aliphatic heterocycles. The average Bonchev–Trinajstić information content (AvgIpc) is 3.15. The molecule has 2 heterocycles. The van der Waals surface area contributed by atoms with E-state index in [9.17, 15) is 4.79 Å². The molecule has 0 saturated heterocycles. The monoisotopic (exact) mass is 296 g/mol. The van der Waals surface area contributed by atoms with E-state index in [0.29, 0.717) is 17.1 Å². The number of aromatic nitrogens is 2. The summed E-state index contributed by atoms with van der Waals surface area (Å²) >= 11 is 0. The fraction of sp³-hybridized carbons (Fsp3) is 0.176. The Morgan fingerprint density at radius 3 is 2.64 bits per heavy atom. The highest BCUT2D eigenvalue weighted by molar-refractivity contribution is 5.90. The number of carbonyl (C=O) groups excluding carboxylic acids is 1. The molecule has 3 rings (SSSR count). The smallest absolute Gasteiger partial charge is 0.342 e. The van der Waals surface area contributed by atoms with E-state index in [1.165, 1.54) is 0 Å². The lowest BCUT2D eigenvalue weighted by molar-refractivity contribution is 0.0470. The molecule has 0 radical (unpaired) electrons. The molecule has 0 saturated carbocycles. The fourth-order valence-corrected chi connectivity index (χ4v) is 2.23. The summed E-state index contributed by atoms with van der Waals surface area (Å²) in [7, 11) is 0. The number of aryl methyl sites for hydroxylation is 2. The van der Waals surface area contributed by atoms with Gasteiger partial charge >= 0.3 is 5.97 Å². The van der Waals surface area contributed by atoms with Crippen molar-refractivity contribution in [1.29, 1.82) is 0 Å². The molecule has 0 aliphatic rings. The minimum atomic E-state index is -0.370. The van der Waals surface area contributed by atoms with Crippen molar-refractivity contribution in [3.8, 4) is 5.69 Å². The van der Waals surface area contributed by atoms with E-state index < -0.39 is 0 Å². The van der Waals surface area contributed by atoms with E-state index in [1.54, 1.807) is 30.8 Å². The Morgan fingerprint density at radius 1 is 1.27 bits per heavy atom. The molecule has 0 bridgehead atoms. The van der Waals surface area contributed by atoms with Gasteiger partial charge < -0.3 is 9.15 Å². The van der Waals surface area contributed by atoms with Gasteiger partial charge in [-0.1, -0.05) is 12.1 Å². The minimum absolute atomic E-state index is 0.224. The molecule has 2 aromatic heterocycles. The van der Waals surface area contributed by atoms with E-state index in [2.05, 4.69) is 5.10 Å². The van der Waals surface area contributed by atoms with Gasteiger partial charge in [0.2, 0.25) is 0 Å². The lowest BCUT2D eigenvalue weighted by Crippen LogP contribution is -2.05. The largest absolute Gasteiger partial charge is 0.466 e. The second-order valence-electron chi connectivity index (χ2n) is 5.02. The fourth-order valence-electron chi connectivity index (χ4n) is 2.23. The first-order valence-corrected chi connectivity index (χ1v) is 6.96. The molecule has 22 heavy (non-hydrogen) atoms. The van der Waals surface area contributed by atoms with Crippen LogP contribution in [0.1, 0.15) is 27.4 Å². The molecule has 0 amide bonds. The zero-order chi connectivity index (χ0) is 15.5. The first-order chi connectivity index (χ1) is 10.6. The number of hydrogen-bond acceptors (Lipinski definition) is 4. The van der Waals surface area contributed by atoms with E-state index in [4.69, 9.17) is 9.15 Å². The van der Waals surface area contributed by atoms with Crippen LogP contribution in [-0.4, -0.2) is 15.7 Å². The van der Waals surface area contributed by atoms with Crippen molar-refractivity contribution in [3.05, 3.63) is 71.4 Å². The second kappa shape index (κ2) is 5.89. The molecule has 0 unspecified atom stereocenters. The van der Waals surface area contributed by atoms with E-state index >= 15 is 0 Å². The Labute approximate surface area is 128 Å². The summed E-state index contributed by atoms with van der Waals surface area (Å²) in [5, 5.41) is 4.16. The van der Waals surface area contributed by atoms with Crippen LogP contribution in [0.4, 0.5) is 0 Å². The number of rotatable bonds is 4. The minimum Gasteiger partial charge on any atom is -0.466 e. The van der Waals surface area contributed by atoms with E-state index in [-0.39, 0.29) is 12.6 Å². The maximum Gasteiger partial charge on any atom is 0.342 e. The van der Waals surface area contributed by atoms with Gasteiger partial charge in [0.1, 0.15) is 23.7 Å². The summed E-state index contributed by atoms with van der Waals surface area (Å²) < 4.78 is 12.4. The Balaban J connectivity index is 1.64. The Bertz CT molecular complexity index is 771. The predicted octanol–water partition coefficient (Wildman–Crippen LogP) is 3.44. The first kappa shape index (κ1) is 14.1. The summed E-state index contributed by atoms with van der Waals surface area (Å²) in [5.41, 5.74) is 2.36. The van der Waals surface area contributed by atoms with Crippen molar-refractivity contribution < 1.29 is 13.9 Å². The van der Waals surface area contributed by atoms with E-state index in [0.717, 1.165) is 11.3 Å². The van der Waals surface area contributed by atoms with Crippen molar-refractivity contribution >= 4 is 5.97 Å². The summed E-state index contributed by atoms with van der Waals surface area (Å²) in [4.78, 5) is 12.0. The van der Waals surface area contributed by atoms with Crippen LogP contribution in [0.15, 0.2) is 53.2 Å². The maximum atomic E-state index is 12.0. The zero-order valence-electron chi connectivity index (χ0n) is 12.4. The number of esters is 1. The van der Waals surface area contributed by atoms with Crippen molar-refractivity contribution in [1.82, 2.24) is 9.78 Å². The second-order valence-corrected chi connectivity index (χ2v) is 5.02. The molecule has 0 spiro atoms. The highest BCUT2D eigenvalue weighted by Gasteiger charge is 2.14. The highest BCUT2D eigenvalue weighted by Crippen LogP contribution is 2.16. The van der Waals surface area contributed by atoms with Crippen LogP contribution in [0.5, 0.6) is 0 Å². The third kappa shape index (κ3) is 2.93. The van der Waals surface area contributed by atoms with Crippen molar-refractivity contribution in [2.75, 3.05) is 0 Å². The van der Waals surface area contributed by atoms with Crippen molar-refractivity contribution in [3.63, 3.8) is 0 Å². The van der Waals surface area contributed by atoms with Gasteiger partial charge in [-0.2, -0.15) is 5.10 Å². The number of benzene rings is 1. The van der Waals surface area contributed by atoms with Crippen LogP contribution in [-0.2, 0) is 11.3 Å². The van der Waals surface area contributed by atoms with Crippen LogP contribution in [0.3, 0.4) is 0 Å². The third-order valence-electron chi connectivity index (χ3n) is 3.34. The Kier molecular flexibility index (Phi) is 3.78. The third-order valence-corrected chi connectivity index (χ3v) is 3.34. The van der Waals surface area contributed by atoms with Crippen LogP contribution in [0.25, 0.3) is 5.69 Å². The molecular formula is C17H16N2O3. The number of ether oxygens (including phenoxy) is 1. The first-order valence-electron chi connectivity index (χ1n) is 6.96. The molecule has 0 aliphatic carbocycles. The van der Waals surface area contributed by atoms with Gasteiger partial charge in [-0.05, 0) is 43.7 Å². The lowest BCUT2D eigenvalue weighted by atomic mass is 10.2. The number of furan rings is 1. The van der Waals surface area contributed by atoms with Crippen LogP contribution in [0.2, 0.25) is 0 Å². The average molecular weight is 296 g/mol. The van der Waals surface area contributed by atoms with Gasteiger partial charge in [0.15, 0.2) is 0 Å². The molecule has 3 aromatic rings. The Morgan fingerprint density at radius 2 is 2.05 bits per heavy atom. The van der Waals surface area contributed by atoms with E-state index in [1.807, 2.05) is 36.5 Å². The standard InChI is InChI=1S/C17H16N2O3/c1-12-10-16(13(2)22-12)17(20)21-11-14-4-6-15(7-5-14)19-9-3-8-18-19/h3-10H,11H2,1-2H3. The molecule has 5 nitrogen and oxygen atoms in total. The zero-order valence-corrected chi connectivity index (χ0v) is 12.4. The summed E-state index contributed by atoms with van der Waals surface area (Å²) in [6.07, 6.45) is 3.60. The van der Waals surface area contributed by atoms with Gasteiger partial charge in [0, 0.05) is 12.4 Å². The maximum absolute atomic E-state index is 12.0.